The Morgan fingerprint density at radius 3 is 2.37 bits per heavy atom. The molecule has 2 N–H and O–H groups in total. The number of nitrogens with one attached hydrogen (secondary N) is 1. The van der Waals surface area contributed by atoms with Gasteiger partial charge in [-0.3, -0.25) is 4.55 Å². The molecule has 204 valence electrons. The van der Waals surface area contributed by atoms with Crippen LogP contribution >= 0.6 is 10.8 Å². The van der Waals surface area contributed by atoms with Crippen molar-refractivity contribution in [3.05, 3.63) is 0 Å². The zero-order valence-corrected chi connectivity index (χ0v) is 24.7. The highest BCUT2D eigenvalue weighted by molar-refractivity contribution is 8.69. The maximum Gasteiger partial charge on any atom is 0.319 e. The van der Waals surface area contributed by atoms with Crippen molar-refractivity contribution in [1.29, 1.82) is 0 Å². The van der Waals surface area contributed by atoms with Crippen LogP contribution in [-0.2, 0) is 9.15 Å². The van der Waals surface area contributed by atoms with Crippen LogP contribution in [0.15, 0.2) is 0 Å². The molecule has 9 unspecified atom stereocenters. The van der Waals surface area contributed by atoms with E-state index in [9.17, 15) is 8.42 Å². The summed E-state index contributed by atoms with van der Waals surface area (Å²) >= 11 is 0. The van der Waals surface area contributed by atoms with E-state index in [1.54, 1.807) is 0 Å². The van der Waals surface area contributed by atoms with Crippen LogP contribution in [-0.4, -0.2) is 31.3 Å². The van der Waals surface area contributed by atoms with Gasteiger partial charge in [-0.1, -0.05) is 53.9 Å². The van der Waals surface area contributed by atoms with Gasteiger partial charge in [-0.05, 0) is 121 Å². The largest absolute Gasteiger partial charge is 0.319 e. The van der Waals surface area contributed by atoms with Gasteiger partial charge in [0.05, 0.1) is 0 Å². The molecule has 0 saturated heterocycles. The van der Waals surface area contributed by atoms with E-state index in [1.165, 1.54) is 77.0 Å². The normalized spacial score (nSPS) is 42.4. The van der Waals surface area contributed by atoms with Gasteiger partial charge in [0.15, 0.2) is 0 Å². The minimum atomic E-state index is -3.92. The molecule has 6 heteroatoms. The second kappa shape index (κ2) is 11.1. The van der Waals surface area contributed by atoms with Crippen molar-refractivity contribution < 1.29 is 13.0 Å². The van der Waals surface area contributed by atoms with Crippen LogP contribution in [0.4, 0.5) is 0 Å². The molecule has 4 rings (SSSR count). The van der Waals surface area contributed by atoms with Crippen molar-refractivity contribution in [2.75, 3.05) is 12.3 Å². The molecule has 4 fully saturated rings. The monoisotopic (exact) mass is 527 g/mol. The summed E-state index contributed by atoms with van der Waals surface area (Å²) in [5, 5.41) is 3.60. The van der Waals surface area contributed by atoms with E-state index in [-0.39, 0.29) is 0 Å². The molecule has 4 saturated carbocycles. The molecule has 0 spiro atoms. The van der Waals surface area contributed by atoms with Crippen molar-refractivity contribution in [2.24, 2.45) is 52.3 Å². The zero-order chi connectivity index (χ0) is 25.4. The molecule has 0 bridgehead atoms. The second-order valence-corrected chi connectivity index (χ2v) is 17.3. The molecule has 0 heterocycles. The highest BCUT2D eigenvalue weighted by atomic mass is 33.1. The fourth-order valence-corrected chi connectivity index (χ4v) is 11.2. The van der Waals surface area contributed by atoms with E-state index < -0.39 is 9.15 Å². The summed E-state index contributed by atoms with van der Waals surface area (Å²) in [5.41, 5.74) is 1.07. The topological polar surface area (TPSA) is 66.4 Å². The number of hydrogen-bond acceptors (Lipinski definition) is 4. The Morgan fingerprint density at radius 1 is 0.943 bits per heavy atom. The molecule has 4 aliphatic rings. The number of hydrogen-bond donors (Lipinski definition) is 2. The fraction of sp³-hybridized carbons (Fsp3) is 1.00. The zero-order valence-electron chi connectivity index (χ0n) is 23.1. The van der Waals surface area contributed by atoms with Crippen molar-refractivity contribution in [1.82, 2.24) is 5.32 Å². The van der Waals surface area contributed by atoms with Crippen molar-refractivity contribution >= 4 is 19.9 Å². The van der Waals surface area contributed by atoms with Gasteiger partial charge in [0.25, 0.3) is 0 Å². The predicted molar refractivity (Wildman–Crippen MR) is 149 cm³/mol. The Bertz CT molecular complexity index is 817. The molecule has 9 atom stereocenters. The molecule has 0 aromatic carbocycles. The van der Waals surface area contributed by atoms with E-state index in [1.807, 2.05) is 0 Å². The lowest BCUT2D eigenvalue weighted by atomic mass is 9.44. The molecule has 0 radical (unpaired) electrons. The lowest BCUT2D eigenvalue weighted by molar-refractivity contribution is -0.117. The smallest absolute Gasteiger partial charge is 0.313 e. The summed E-state index contributed by atoms with van der Waals surface area (Å²) in [6.07, 6.45) is 16.7. The van der Waals surface area contributed by atoms with Crippen LogP contribution in [0.5, 0.6) is 0 Å². The van der Waals surface area contributed by atoms with Gasteiger partial charge >= 0.3 is 9.15 Å². The average Bonchev–Trinajstić information content (AvgIpc) is 3.13. The van der Waals surface area contributed by atoms with Gasteiger partial charge in [-0.2, -0.15) is 8.42 Å². The average molecular weight is 528 g/mol. The third-order valence-electron chi connectivity index (χ3n) is 11.6. The standard InChI is InChI=1S/C29H53NO3S2/c1-20(2)7-6-8-21(3)25-11-12-26-24-10-9-22-19-23(30-17-18-34-35(31,32)33)13-15-28(22,4)27(24)14-16-29(25,26)5/h20-27,30H,6-19H2,1-5H3,(H,31,32,33). The Kier molecular flexibility index (Phi) is 8.99. The van der Waals surface area contributed by atoms with Crippen LogP contribution < -0.4 is 5.32 Å². The first-order valence-corrected chi connectivity index (χ1v) is 17.7. The molecule has 0 aliphatic heterocycles. The summed E-state index contributed by atoms with van der Waals surface area (Å²) < 4.78 is 30.9. The molecule has 0 amide bonds. The van der Waals surface area contributed by atoms with Gasteiger partial charge in [-0.25, -0.2) is 0 Å². The van der Waals surface area contributed by atoms with Gasteiger partial charge in [-0.15, -0.1) is 0 Å². The molecule has 4 aliphatic carbocycles. The predicted octanol–water partition coefficient (Wildman–Crippen LogP) is 7.60. The first-order valence-electron chi connectivity index (χ1n) is 14.8. The summed E-state index contributed by atoms with van der Waals surface area (Å²) in [5.74, 6) is 6.68. The second-order valence-electron chi connectivity index (χ2n) is 13.9. The quantitative estimate of drug-likeness (QED) is 0.174. The van der Waals surface area contributed by atoms with E-state index in [4.69, 9.17) is 4.55 Å². The van der Waals surface area contributed by atoms with E-state index >= 15 is 0 Å². The Hall–Kier alpha value is 0.220. The minimum absolute atomic E-state index is 0.416. The summed E-state index contributed by atoms with van der Waals surface area (Å²) in [7, 11) is -3.28. The highest BCUT2D eigenvalue weighted by Crippen LogP contribution is 2.68. The number of rotatable bonds is 10. The molecule has 35 heavy (non-hydrogen) atoms. The van der Waals surface area contributed by atoms with E-state index in [2.05, 4.69) is 39.9 Å². The third kappa shape index (κ3) is 6.11. The summed E-state index contributed by atoms with van der Waals surface area (Å²) in [4.78, 5) is 0. The highest BCUT2D eigenvalue weighted by Gasteiger charge is 2.60. The van der Waals surface area contributed by atoms with E-state index in [0.29, 0.717) is 40.0 Å². The first-order chi connectivity index (χ1) is 16.4. The minimum Gasteiger partial charge on any atom is -0.313 e. The van der Waals surface area contributed by atoms with E-state index in [0.717, 1.165) is 41.4 Å². The molecule has 4 nitrogen and oxygen atoms in total. The van der Waals surface area contributed by atoms with Crippen LogP contribution in [0.1, 0.15) is 112 Å². The van der Waals surface area contributed by atoms with Gasteiger partial charge in [0.2, 0.25) is 0 Å². The van der Waals surface area contributed by atoms with Crippen molar-refractivity contribution in [3.63, 3.8) is 0 Å². The Labute approximate surface area is 220 Å². The SMILES string of the molecule is CC(C)CCCC(C)C1CCC2C3CCC4CC(NCCSS(=O)(=O)O)CCC4(C)C3CCC12C. The van der Waals surface area contributed by atoms with Gasteiger partial charge < -0.3 is 5.32 Å². The molecular weight excluding hydrogens is 474 g/mol. The first kappa shape index (κ1) is 28.2. The molecule has 0 aromatic heterocycles. The van der Waals surface area contributed by atoms with Crippen LogP contribution in [0, 0.1) is 52.3 Å². The van der Waals surface area contributed by atoms with Gasteiger partial charge in [0, 0.05) is 18.3 Å². The van der Waals surface area contributed by atoms with Crippen molar-refractivity contribution in [2.45, 2.75) is 118 Å². The summed E-state index contributed by atoms with van der Waals surface area (Å²) in [6, 6.07) is 0.503. The lowest BCUT2D eigenvalue weighted by Crippen LogP contribution is -2.55. The Morgan fingerprint density at radius 2 is 1.66 bits per heavy atom. The Balaban J connectivity index is 1.34. The molecular formula is C29H53NO3S2. The molecule has 0 aromatic rings. The van der Waals surface area contributed by atoms with Crippen molar-refractivity contribution in [3.8, 4) is 0 Å². The summed E-state index contributed by atoms with van der Waals surface area (Å²) in [6.45, 7) is 13.3. The lowest BCUT2D eigenvalue weighted by Gasteiger charge is -2.61. The fourth-order valence-electron chi connectivity index (χ4n) is 9.88. The van der Waals surface area contributed by atoms with Crippen LogP contribution in [0.2, 0.25) is 0 Å². The maximum absolute atomic E-state index is 11.0. The van der Waals surface area contributed by atoms with Crippen LogP contribution in [0.25, 0.3) is 0 Å². The van der Waals surface area contributed by atoms with Gasteiger partial charge in [0.1, 0.15) is 0 Å². The number of fused-ring (bicyclic) bond motifs is 5. The van der Waals surface area contributed by atoms with Crippen LogP contribution in [0.3, 0.4) is 0 Å². The third-order valence-corrected chi connectivity index (χ3v) is 13.7. The maximum atomic E-state index is 11.0.